The van der Waals surface area contributed by atoms with Crippen LogP contribution >= 0.6 is 0 Å². The highest BCUT2D eigenvalue weighted by Crippen LogP contribution is 2.32. The fourth-order valence-electron chi connectivity index (χ4n) is 3.40. The van der Waals surface area contributed by atoms with E-state index in [1.54, 1.807) is 30.7 Å². The van der Waals surface area contributed by atoms with Crippen molar-refractivity contribution in [3.8, 4) is 11.4 Å². The van der Waals surface area contributed by atoms with Gasteiger partial charge in [-0.15, -0.1) is 0 Å². The third kappa shape index (κ3) is 3.55. The molecule has 1 aliphatic heterocycles. The molecule has 1 fully saturated rings. The Morgan fingerprint density at radius 3 is 3.04 bits per heavy atom. The molecule has 0 saturated carbocycles. The second-order valence-corrected chi connectivity index (χ2v) is 6.52. The van der Waals surface area contributed by atoms with Crippen LogP contribution in [0.3, 0.4) is 0 Å². The Bertz CT molecular complexity index is 927. The quantitative estimate of drug-likeness (QED) is 0.701. The molecule has 8 nitrogen and oxygen atoms in total. The van der Waals surface area contributed by atoms with E-state index in [2.05, 4.69) is 25.1 Å². The van der Waals surface area contributed by atoms with Crippen LogP contribution in [0, 0.1) is 0 Å². The van der Waals surface area contributed by atoms with E-state index in [1.807, 2.05) is 11.8 Å². The van der Waals surface area contributed by atoms with Crippen molar-refractivity contribution in [3.05, 3.63) is 54.2 Å². The molecule has 0 aromatic carbocycles. The maximum Gasteiger partial charge on any atom is 0.255 e. The Morgan fingerprint density at radius 2 is 2.26 bits per heavy atom. The highest BCUT2D eigenvalue weighted by atomic mass is 16.5. The molecule has 1 atom stereocenters. The van der Waals surface area contributed by atoms with Crippen molar-refractivity contribution in [1.29, 1.82) is 0 Å². The van der Waals surface area contributed by atoms with Gasteiger partial charge in [-0.2, -0.15) is 4.98 Å². The molecule has 1 amide bonds. The number of carbonyl (C=O) groups is 1. The molecule has 4 rings (SSSR count). The summed E-state index contributed by atoms with van der Waals surface area (Å²) in [5, 5.41) is 4.06. The Morgan fingerprint density at radius 1 is 1.33 bits per heavy atom. The van der Waals surface area contributed by atoms with Gasteiger partial charge in [-0.05, 0) is 25.0 Å². The van der Waals surface area contributed by atoms with Gasteiger partial charge in [-0.3, -0.25) is 9.78 Å². The highest BCUT2D eigenvalue weighted by molar-refractivity contribution is 5.94. The zero-order valence-electron chi connectivity index (χ0n) is 15.1. The van der Waals surface area contributed by atoms with Crippen LogP contribution in [0.5, 0.6) is 0 Å². The summed E-state index contributed by atoms with van der Waals surface area (Å²) >= 11 is 0. The molecule has 1 saturated heterocycles. The van der Waals surface area contributed by atoms with Crippen molar-refractivity contribution in [1.82, 2.24) is 30.0 Å². The van der Waals surface area contributed by atoms with E-state index in [1.165, 1.54) is 6.33 Å². The molecule has 3 aromatic heterocycles. The van der Waals surface area contributed by atoms with Crippen molar-refractivity contribution >= 4 is 5.91 Å². The molecule has 3 aromatic rings. The lowest BCUT2D eigenvalue weighted by Crippen LogP contribution is -2.39. The van der Waals surface area contributed by atoms with E-state index in [0.29, 0.717) is 30.2 Å². The number of carbonyl (C=O) groups excluding carboxylic acids is 1. The summed E-state index contributed by atoms with van der Waals surface area (Å²) in [4.78, 5) is 31.7. The molecule has 0 bridgehead atoms. The van der Waals surface area contributed by atoms with Crippen LogP contribution in [-0.4, -0.2) is 49.0 Å². The average Bonchev–Trinajstić information content (AvgIpc) is 3.23. The Hall–Kier alpha value is -3.16. The van der Waals surface area contributed by atoms with Crippen LogP contribution < -0.4 is 0 Å². The van der Waals surface area contributed by atoms with Gasteiger partial charge in [0.05, 0.1) is 16.8 Å². The standard InChI is InChI=1S/C19H20N6O2/c1-2-16-23-18(24-27-16)15-10-21-12-22-17(15)14-6-4-8-25(11-14)19(26)13-5-3-7-20-9-13/h3,5,7,9-10,12,14H,2,4,6,8,11H2,1H3/t14-/m0/s1. The van der Waals surface area contributed by atoms with Gasteiger partial charge in [-0.1, -0.05) is 12.1 Å². The van der Waals surface area contributed by atoms with Crippen molar-refractivity contribution in [3.63, 3.8) is 0 Å². The molecule has 0 unspecified atom stereocenters. The van der Waals surface area contributed by atoms with Crippen LogP contribution in [0.2, 0.25) is 0 Å². The molecule has 4 heterocycles. The van der Waals surface area contributed by atoms with Gasteiger partial charge < -0.3 is 9.42 Å². The number of pyridine rings is 1. The third-order valence-corrected chi connectivity index (χ3v) is 4.76. The van der Waals surface area contributed by atoms with Gasteiger partial charge in [-0.25, -0.2) is 9.97 Å². The largest absolute Gasteiger partial charge is 0.339 e. The number of hydrogen-bond donors (Lipinski definition) is 0. The van der Waals surface area contributed by atoms with Crippen LogP contribution in [0.15, 0.2) is 41.6 Å². The van der Waals surface area contributed by atoms with Gasteiger partial charge in [0.1, 0.15) is 6.33 Å². The summed E-state index contributed by atoms with van der Waals surface area (Å²) in [7, 11) is 0. The fourth-order valence-corrected chi connectivity index (χ4v) is 3.40. The predicted molar refractivity (Wildman–Crippen MR) is 96.8 cm³/mol. The lowest BCUT2D eigenvalue weighted by Gasteiger charge is -2.33. The molecule has 0 aliphatic carbocycles. The lowest BCUT2D eigenvalue weighted by atomic mass is 9.91. The zero-order valence-corrected chi connectivity index (χ0v) is 15.1. The average molecular weight is 364 g/mol. The van der Waals surface area contributed by atoms with Gasteiger partial charge in [0.2, 0.25) is 11.7 Å². The Kier molecular flexibility index (Phi) is 4.86. The second kappa shape index (κ2) is 7.61. The van der Waals surface area contributed by atoms with Crippen LogP contribution in [0.4, 0.5) is 0 Å². The topological polar surface area (TPSA) is 97.9 Å². The number of aromatic nitrogens is 5. The summed E-state index contributed by atoms with van der Waals surface area (Å²) < 4.78 is 5.24. The molecule has 0 spiro atoms. The first kappa shape index (κ1) is 17.3. The first-order chi connectivity index (χ1) is 13.3. The number of likely N-dealkylation sites (tertiary alicyclic amines) is 1. The highest BCUT2D eigenvalue weighted by Gasteiger charge is 2.29. The maximum atomic E-state index is 12.8. The van der Waals surface area contributed by atoms with E-state index in [4.69, 9.17) is 4.52 Å². The Labute approximate surface area is 156 Å². The minimum atomic E-state index is -0.00348. The summed E-state index contributed by atoms with van der Waals surface area (Å²) in [6, 6.07) is 3.57. The number of nitrogens with zero attached hydrogens (tertiary/aromatic N) is 6. The zero-order chi connectivity index (χ0) is 18.6. The summed E-state index contributed by atoms with van der Waals surface area (Å²) in [6.07, 6.45) is 9.04. The first-order valence-electron chi connectivity index (χ1n) is 9.08. The van der Waals surface area contributed by atoms with Gasteiger partial charge in [0, 0.05) is 44.0 Å². The van der Waals surface area contributed by atoms with Crippen LogP contribution in [-0.2, 0) is 6.42 Å². The van der Waals surface area contributed by atoms with Gasteiger partial charge >= 0.3 is 0 Å². The molecule has 27 heavy (non-hydrogen) atoms. The summed E-state index contributed by atoms with van der Waals surface area (Å²) in [5.74, 6) is 1.17. The SMILES string of the molecule is CCc1nc(-c2cncnc2[C@H]2CCCN(C(=O)c3cccnc3)C2)no1. The lowest BCUT2D eigenvalue weighted by molar-refractivity contribution is 0.0705. The van der Waals surface area contributed by atoms with E-state index < -0.39 is 0 Å². The first-order valence-corrected chi connectivity index (χ1v) is 9.08. The third-order valence-electron chi connectivity index (χ3n) is 4.76. The Balaban J connectivity index is 1.59. The normalized spacial score (nSPS) is 17.1. The number of amides is 1. The molecule has 138 valence electrons. The van der Waals surface area contributed by atoms with Crippen LogP contribution in [0.25, 0.3) is 11.4 Å². The van der Waals surface area contributed by atoms with E-state index >= 15 is 0 Å². The number of rotatable bonds is 4. The smallest absolute Gasteiger partial charge is 0.255 e. The van der Waals surface area contributed by atoms with Crippen molar-refractivity contribution in [2.75, 3.05) is 13.1 Å². The molecule has 0 N–H and O–H groups in total. The number of aryl methyl sites for hydroxylation is 1. The monoisotopic (exact) mass is 364 g/mol. The van der Waals surface area contributed by atoms with Crippen molar-refractivity contribution < 1.29 is 9.32 Å². The number of hydrogen-bond acceptors (Lipinski definition) is 7. The molecular formula is C19H20N6O2. The van der Waals surface area contributed by atoms with E-state index in [0.717, 1.165) is 30.6 Å². The van der Waals surface area contributed by atoms with E-state index in [-0.39, 0.29) is 11.8 Å². The summed E-state index contributed by atoms with van der Waals surface area (Å²) in [6.45, 7) is 3.28. The van der Waals surface area contributed by atoms with Crippen LogP contribution in [0.1, 0.15) is 47.6 Å². The fraction of sp³-hybridized carbons (Fsp3) is 0.368. The van der Waals surface area contributed by atoms with Gasteiger partial charge in [0.15, 0.2) is 0 Å². The van der Waals surface area contributed by atoms with Gasteiger partial charge in [0.25, 0.3) is 5.91 Å². The van der Waals surface area contributed by atoms with E-state index in [9.17, 15) is 4.79 Å². The molecular weight excluding hydrogens is 344 g/mol. The van der Waals surface area contributed by atoms with Crippen molar-refractivity contribution in [2.45, 2.75) is 32.1 Å². The predicted octanol–water partition coefficient (Wildman–Crippen LogP) is 2.50. The summed E-state index contributed by atoms with van der Waals surface area (Å²) in [5.41, 5.74) is 2.23. The maximum absolute atomic E-state index is 12.8. The molecule has 1 aliphatic rings. The minimum absolute atomic E-state index is 0.00348. The minimum Gasteiger partial charge on any atom is -0.339 e. The number of piperidine rings is 1. The molecule has 0 radical (unpaired) electrons. The second-order valence-electron chi connectivity index (χ2n) is 6.52. The molecule has 8 heteroatoms. The van der Waals surface area contributed by atoms with Crippen molar-refractivity contribution in [2.24, 2.45) is 0 Å².